The monoisotopic (exact) mass is 438 g/mol. The van der Waals surface area contributed by atoms with Gasteiger partial charge in [0.15, 0.2) is 5.82 Å². The predicted molar refractivity (Wildman–Crippen MR) is 99.7 cm³/mol. The van der Waals surface area contributed by atoms with Gasteiger partial charge in [0, 0.05) is 21.7 Å². The molecule has 1 aromatic heterocycles. The summed E-state index contributed by atoms with van der Waals surface area (Å²) in [5.74, 6) is 0.0614. The molecule has 0 spiro atoms. The van der Waals surface area contributed by atoms with Crippen molar-refractivity contribution in [1.82, 2.24) is 14.8 Å². The predicted octanol–water partition coefficient (Wildman–Crippen LogP) is 3.05. The van der Waals surface area contributed by atoms with Gasteiger partial charge in [0.1, 0.15) is 5.82 Å². The Morgan fingerprint density at radius 1 is 1.29 bits per heavy atom. The molecule has 0 aliphatic carbocycles. The number of aryl methyl sites for hydroxylation is 1. The summed E-state index contributed by atoms with van der Waals surface area (Å²) in [7, 11) is 0. The minimum absolute atomic E-state index is 0.380. The quantitative estimate of drug-likeness (QED) is 0.618. The molecule has 124 valence electrons. The summed E-state index contributed by atoms with van der Waals surface area (Å²) in [6.07, 6.45) is 0. The first-order valence-corrected chi connectivity index (χ1v) is 8.44. The summed E-state index contributed by atoms with van der Waals surface area (Å²) < 4.78 is 15.4. The number of H-pyrrole nitrogens is 1. The van der Waals surface area contributed by atoms with Crippen molar-refractivity contribution in [2.24, 2.45) is 5.73 Å². The number of nitrogens with one attached hydrogen (secondary N) is 1. The number of aromatic nitrogens is 3. The molecule has 3 N–H and O–H groups in total. The van der Waals surface area contributed by atoms with Gasteiger partial charge in [0.05, 0.1) is 5.69 Å². The van der Waals surface area contributed by atoms with Gasteiger partial charge in [-0.2, -0.15) is 4.68 Å². The van der Waals surface area contributed by atoms with Crippen LogP contribution in [0.15, 0.2) is 35.1 Å². The summed E-state index contributed by atoms with van der Waals surface area (Å²) in [4.78, 5) is 15.0. The second-order valence-electron chi connectivity index (χ2n) is 5.53. The Morgan fingerprint density at radius 2 is 2.04 bits per heavy atom. The number of aromatic amines is 1. The molecule has 7 heteroatoms. The van der Waals surface area contributed by atoms with E-state index in [1.165, 1.54) is 10.7 Å². The first-order chi connectivity index (χ1) is 11.4. The number of rotatable bonds is 3. The number of halogens is 2. The fourth-order valence-corrected chi connectivity index (χ4v) is 3.04. The molecule has 0 atom stereocenters. The van der Waals surface area contributed by atoms with Crippen LogP contribution in [0.2, 0.25) is 0 Å². The standard InChI is InChI=1S/C17H16FIN4O/c1-9-3-4-11(8-20)10(2)15(9)16-21-17(24)23(22-16)12-5-6-14(19)13(18)7-12/h3-7H,8,20H2,1-2H3,(H,21,22,24). The smallest absolute Gasteiger partial charge is 0.326 e. The third-order valence-corrected chi connectivity index (χ3v) is 4.88. The van der Waals surface area contributed by atoms with Crippen molar-refractivity contribution in [2.75, 3.05) is 0 Å². The zero-order valence-corrected chi connectivity index (χ0v) is 15.4. The van der Waals surface area contributed by atoms with Crippen molar-refractivity contribution in [1.29, 1.82) is 0 Å². The van der Waals surface area contributed by atoms with Crippen molar-refractivity contribution < 1.29 is 4.39 Å². The Morgan fingerprint density at radius 3 is 2.71 bits per heavy atom. The Balaban J connectivity index is 2.17. The lowest BCUT2D eigenvalue weighted by atomic mass is 9.97. The summed E-state index contributed by atoms with van der Waals surface area (Å²) in [5.41, 5.74) is 9.53. The van der Waals surface area contributed by atoms with Crippen molar-refractivity contribution in [3.05, 3.63) is 66.9 Å². The lowest BCUT2D eigenvalue weighted by Gasteiger charge is -2.11. The number of nitrogens with two attached hydrogens (primary N) is 1. The highest BCUT2D eigenvalue weighted by molar-refractivity contribution is 14.1. The summed E-state index contributed by atoms with van der Waals surface area (Å²) >= 11 is 1.90. The molecule has 3 aromatic rings. The van der Waals surface area contributed by atoms with Crippen LogP contribution in [0.4, 0.5) is 4.39 Å². The molecule has 2 aromatic carbocycles. The van der Waals surface area contributed by atoms with E-state index in [1.54, 1.807) is 12.1 Å². The Hall–Kier alpha value is -2.00. The minimum Gasteiger partial charge on any atom is -0.326 e. The van der Waals surface area contributed by atoms with Gasteiger partial charge in [-0.15, -0.1) is 5.10 Å². The lowest BCUT2D eigenvalue weighted by Crippen LogP contribution is -2.16. The molecule has 0 radical (unpaired) electrons. The zero-order valence-electron chi connectivity index (χ0n) is 13.2. The van der Waals surface area contributed by atoms with Crippen molar-refractivity contribution in [3.63, 3.8) is 0 Å². The molecule has 5 nitrogen and oxygen atoms in total. The third kappa shape index (κ3) is 2.89. The molecular weight excluding hydrogens is 422 g/mol. The van der Waals surface area contributed by atoms with Crippen LogP contribution in [0.5, 0.6) is 0 Å². The summed E-state index contributed by atoms with van der Waals surface area (Å²) in [6.45, 7) is 4.31. The van der Waals surface area contributed by atoms with Crippen LogP contribution in [0.1, 0.15) is 16.7 Å². The summed E-state index contributed by atoms with van der Waals surface area (Å²) in [6, 6.07) is 8.48. The van der Waals surface area contributed by atoms with Crippen LogP contribution in [-0.2, 0) is 6.54 Å². The van der Waals surface area contributed by atoms with Gasteiger partial charge in [-0.3, -0.25) is 4.98 Å². The molecular formula is C17H16FIN4O. The summed E-state index contributed by atoms with van der Waals surface area (Å²) in [5, 5.41) is 4.36. The second-order valence-corrected chi connectivity index (χ2v) is 6.70. The Labute approximate surface area is 151 Å². The first kappa shape index (κ1) is 16.8. The van der Waals surface area contributed by atoms with Crippen LogP contribution in [0.25, 0.3) is 17.1 Å². The highest BCUT2D eigenvalue weighted by Gasteiger charge is 2.15. The molecule has 0 aliphatic heterocycles. The van der Waals surface area contributed by atoms with E-state index in [1.807, 2.05) is 48.6 Å². The van der Waals surface area contributed by atoms with E-state index in [0.29, 0.717) is 21.6 Å². The first-order valence-electron chi connectivity index (χ1n) is 7.36. The zero-order chi connectivity index (χ0) is 17.4. The highest BCUT2D eigenvalue weighted by Crippen LogP contribution is 2.26. The fraction of sp³-hybridized carbons (Fsp3) is 0.176. The molecule has 0 bridgehead atoms. The maximum Gasteiger partial charge on any atom is 0.348 e. The number of nitrogens with zero attached hydrogens (tertiary/aromatic N) is 2. The molecule has 24 heavy (non-hydrogen) atoms. The van der Waals surface area contributed by atoms with Crippen molar-refractivity contribution in [3.8, 4) is 17.1 Å². The largest absolute Gasteiger partial charge is 0.348 e. The average molecular weight is 438 g/mol. The Bertz CT molecular complexity index is 977. The van der Waals surface area contributed by atoms with E-state index in [4.69, 9.17) is 5.73 Å². The molecule has 3 rings (SSSR count). The van der Waals surface area contributed by atoms with E-state index in [-0.39, 0.29) is 5.82 Å². The second kappa shape index (κ2) is 6.48. The van der Waals surface area contributed by atoms with Crippen LogP contribution < -0.4 is 11.4 Å². The lowest BCUT2D eigenvalue weighted by molar-refractivity contribution is 0.617. The number of benzene rings is 2. The maximum absolute atomic E-state index is 13.8. The van der Waals surface area contributed by atoms with Gasteiger partial charge in [-0.25, -0.2) is 9.18 Å². The van der Waals surface area contributed by atoms with E-state index >= 15 is 0 Å². The molecule has 0 amide bonds. The number of hydrogen-bond donors (Lipinski definition) is 2. The van der Waals surface area contributed by atoms with Crippen LogP contribution >= 0.6 is 22.6 Å². The molecule has 1 heterocycles. The SMILES string of the molecule is Cc1ccc(CN)c(C)c1-c1nn(-c2ccc(I)c(F)c2)c(=O)[nH]1. The van der Waals surface area contributed by atoms with Gasteiger partial charge < -0.3 is 5.73 Å². The average Bonchev–Trinajstić information content (AvgIpc) is 2.92. The van der Waals surface area contributed by atoms with E-state index < -0.39 is 5.69 Å². The molecule has 0 saturated carbocycles. The van der Waals surface area contributed by atoms with E-state index in [2.05, 4.69) is 10.1 Å². The van der Waals surface area contributed by atoms with Crippen molar-refractivity contribution in [2.45, 2.75) is 20.4 Å². The van der Waals surface area contributed by atoms with Gasteiger partial charge in [0.2, 0.25) is 0 Å². The normalized spacial score (nSPS) is 11.0. The molecule has 0 fully saturated rings. The molecule has 0 aliphatic rings. The highest BCUT2D eigenvalue weighted by atomic mass is 127. The minimum atomic E-state index is -0.414. The van der Waals surface area contributed by atoms with Gasteiger partial charge in [-0.05, 0) is 65.3 Å². The van der Waals surface area contributed by atoms with E-state index in [9.17, 15) is 9.18 Å². The molecule has 0 unspecified atom stereocenters. The van der Waals surface area contributed by atoms with Gasteiger partial charge in [-0.1, -0.05) is 12.1 Å². The maximum atomic E-state index is 13.8. The van der Waals surface area contributed by atoms with Crippen LogP contribution in [0.3, 0.4) is 0 Å². The van der Waals surface area contributed by atoms with Crippen molar-refractivity contribution >= 4 is 22.6 Å². The molecule has 0 saturated heterocycles. The number of hydrogen-bond acceptors (Lipinski definition) is 3. The topological polar surface area (TPSA) is 76.7 Å². The van der Waals surface area contributed by atoms with E-state index in [0.717, 1.165) is 22.3 Å². The third-order valence-electron chi connectivity index (χ3n) is 4.01. The van der Waals surface area contributed by atoms with Gasteiger partial charge in [0.25, 0.3) is 0 Å². The Kier molecular flexibility index (Phi) is 4.55. The van der Waals surface area contributed by atoms with Crippen LogP contribution in [-0.4, -0.2) is 14.8 Å². The fourth-order valence-electron chi connectivity index (χ4n) is 2.70. The van der Waals surface area contributed by atoms with Crippen LogP contribution in [0, 0.1) is 23.2 Å². The van der Waals surface area contributed by atoms with Gasteiger partial charge >= 0.3 is 5.69 Å².